The number of ether oxygens (including phenoxy) is 1. The van der Waals surface area contributed by atoms with Crippen molar-refractivity contribution in [2.75, 3.05) is 6.61 Å². The van der Waals surface area contributed by atoms with Crippen LogP contribution in [0.25, 0.3) is 0 Å². The van der Waals surface area contributed by atoms with Crippen LogP contribution in [0.1, 0.15) is 24.7 Å². The Balaban J connectivity index is 2.26. The van der Waals surface area contributed by atoms with Crippen LogP contribution in [0.4, 0.5) is 0 Å². The maximum atomic E-state index is 5.37. The highest BCUT2D eigenvalue weighted by atomic mass is 16.5. The van der Waals surface area contributed by atoms with E-state index in [4.69, 9.17) is 4.74 Å². The zero-order valence-electron chi connectivity index (χ0n) is 7.34. The van der Waals surface area contributed by atoms with E-state index in [0.29, 0.717) is 0 Å². The number of rotatable bonds is 2. The summed E-state index contributed by atoms with van der Waals surface area (Å²) in [4.78, 5) is 4.52. The molecule has 1 aliphatic heterocycles. The van der Waals surface area contributed by atoms with Gasteiger partial charge in [-0.1, -0.05) is 13.3 Å². The van der Waals surface area contributed by atoms with Gasteiger partial charge in [-0.3, -0.25) is 4.98 Å². The molecule has 0 saturated carbocycles. The smallest absolute Gasteiger partial charge is 0.140 e. The summed E-state index contributed by atoms with van der Waals surface area (Å²) in [7, 11) is 0. The van der Waals surface area contributed by atoms with Crippen LogP contribution in [0.3, 0.4) is 0 Å². The molecule has 0 spiro atoms. The molecule has 0 aliphatic carbocycles. The molecule has 0 amide bonds. The first-order valence-corrected chi connectivity index (χ1v) is 4.51. The number of nitrogens with zero attached hydrogens (tertiary/aromatic N) is 1. The summed E-state index contributed by atoms with van der Waals surface area (Å²) in [5.41, 5.74) is 2.34. The average Bonchev–Trinajstić information content (AvgIpc) is 2.51. The fourth-order valence-electron chi connectivity index (χ4n) is 1.50. The van der Waals surface area contributed by atoms with Gasteiger partial charge in [0.2, 0.25) is 0 Å². The average molecular weight is 163 g/mol. The first-order chi connectivity index (χ1) is 5.90. The minimum atomic E-state index is 0.803. The summed E-state index contributed by atoms with van der Waals surface area (Å²) in [5, 5.41) is 0. The van der Waals surface area contributed by atoms with E-state index in [2.05, 4.69) is 18.0 Å². The van der Waals surface area contributed by atoms with Crippen molar-refractivity contribution < 1.29 is 4.74 Å². The molecular weight excluding hydrogens is 150 g/mol. The standard InChI is InChI=1S/C10H13NO/c1-2-3-8-4-5-10-9(11-8)6-7-12-10/h4-5H,2-3,6-7H2,1H3. The Bertz CT molecular complexity index is 283. The molecule has 0 N–H and O–H groups in total. The van der Waals surface area contributed by atoms with Crippen molar-refractivity contribution in [3.05, 3.63) is 23.5 Å². The molecule has 0 unspecified atom stereocenters. The highest BCUT2D eigenvalue weighted by Gasteiger charge is 2.12. The number of pyridine rings is 1. The molecule has 2 heterocycles. The van der Waals surface area contributed by atoms with Crippen molar-refractivity contribution in [3.8, 4) is 5.75 Å². The molecule has 2 heteroatoms. The molecule has 0 atom stereocenters. The van der Waals surface area contributed by atoms with Crippen molar-refractivity contribution in [2.45, 2.75) is 26.2 Å². The number of fused-ring (bicyclic) bond motifs is 1. The van der Waals surface area contributed by atoms with Crippen LogP contribution in [-0.2, 0) is 12.8 Å². The van der Waals surface area contributed by atoms with Gasteiger partial charge in [0.25, 0.3) is 0 Å². The van der Waals surface area contributed by atoms with E-state index in [9.17, 15) is 0 Å². The Morgan fingerprint density at radius 3 is 3.25 bits per heavy atom. The van der Waals surface area contributed by atoms with Gasteiger partial charge in [0.15, 0.2) is 0 Å². The lowest BCUT2D eigenvalue weighted by Gasteiger charge is -2.00. The van der Waals surface area contributed by atoms with Gasteiger partial charge in [-0.2, -0.15) is 0 Å². The molecule has 0 radical (unpaired) electrons. The van der Waals surface area contributed by atoms with Gasteiger partial charge in [-0.15, -0.1) is 0 Å². The highest BCUT2D eigenvalue weighted by Crippen LogP contribution is 2.23. The summed E-state index contributed by atoms with van der Waals surface area (Å²) in [6.07, 6.45) is 3.22. The lowest BCUT2D eigenvalue weighted by Crippen LogP contribution is -1.92. The van der Waals surface area contributed by atoms with Crippen LogP contribution in [-0.4, -0.2) is 11.6 Å². The molecule has 1 aromatic rings. The third-order valence-corrected chi connectivity index (χ3v) is 2.09. The first-order valence-electron chi connectivity index (χ1n) is 4.51. The molecule has 1 aromatic heterocycles. The summed E-state index contributed by atoms with van der Waals surface area (Å²) < 4.78 is 5.37. The molecule has 1 aliphatic rings. The van der Waals surface area contributed by atoms with E-state index in [0.717, 1.165) is 37.3 Å². The van der Waals surface area contributed by atoms with Crippen molar-refractivity contribution >= 4 is 0 Å². The number of aryl methyl sites for hydroxylation is 1. The lowest BCUT2D eigenvalue weighted by molar-refractivity contribution is 0.357. The second-order valence-corrected chi connectivity index (χ2v) is 3.10. The SMILES string of the molecule is CCCc1ccc2c(n1)CCO2. The largest absolute Gasteiger partial charge is 0.491 e. The summed E-state index contributed by atoms with van der Waals surface area (Å²) in [6.45, 7) is 2.98. The topological polar surface area (TPSA) is 22.1 Å². The summed E-state index contributed by atoms with van der Waals surface area (Å²) in [6, 6.07) is 4.11. The van der Waals surface area contributed by atoms with E-state index in [-0.39, 0.29) is 0 Å². The molecule has 0 fully saturated rings. The van der Waals surface area contributed by atoms with Crippen LogP contribution in [0.5, 0.6) is 5.75 Å². The van der Waals surface area contributed by atoms with E-state index >= 15 is 0 Å². The van der Waals surface area contributed by atoms with Gasteiger partial charge in [0.05, 0.1) is 12.3 Å². The second kappa shape index (κ2) is 3.13. The van der Waals surface area contributed by atoms with Crippen LogP contribution in [0.2, 0.25) is 0 Å². The second-order valence-electron chi connectivity index (χ2n) is 3.10. The third-order valence-electron chi connectivity index (χ3n) is 2.09. The van der Waals surface area contributed by atoms with Crippen molar-refractivity contribution in [1.82, 2.24) is 4.98 Å². The Hall–Kier alpha value is -1.05. The van der Waals surface area contributed by atoms with E-state index in [1.54, 1.807) is 0 Å². The van der Waals surface area contributed by atoms with Crippen molar-refractivity contribution in [3.63, 3.8) is 0 Å². The predicted molar refractivity (Wildman–Crippen MR) is 47.4 cm³/mol. The Labute approximate surface area is 72.6 Å². The monoisotopic (exact) mass is 163 g/mol. The van der Waals surface area contributed by atoms with E-state index in [1.807, 2.05) is 6.07 Å². The highest BCUT2D eigenvalue weighted by molar-refractivity contribution is 5.32. The third kappa shape index (κ3) is 1.29. The Morgan fingerprint density at radius 2 is 2.42 bits per heavy atom. The fraction of sp³-hybridized carbons (Fsp3) is 0.500. The molecule has 64 valence electrons. The van der Waals surface area contributed by atoms with E-state index in [1.165, 1.54) is 5.69 Å². The maximum absolute atomic E-state index is 5.37. The van der Waals surface area contributed by atoms with E-state index < -0.39 is 0 Å². The normalized spacial score (nSPS) is 14.1. The van der Waals surface area contributed by atoms with Crippen LogP contribution in [0, 0.1) is 0 Å². The maximum Gasteiger partial charge on any atom is 0.140 e. The molecular formula is C10H13NO. The zero-order valence-corrected chi connectivity index (χ0v) is 7.34. The van der Waals surface area contributed by atoms with Gasteiger partial charge in [0.1, 0.15) is 5.75 Å². The van der Waals surface area contributed by atoms with Gasteiger partial charge in [0, 0.05) is 12.1 Å². The number of aromatic nitrogens is 1. The molecule has 12 heavy (non-hydrogen) atoms. The van der Waals surface area contributed by atoms with Crippen LogP contribution >= 0.6 is 0 Å². The molecule has 0 bridgehead atoms. The minimum absolute atomic E-state index is 0.803. The van der Waals surface area contributed by atoms with Gasteiger partial charge >= 0.3 is 0 Å². The first kappa shape index (κ1) is 7.59. The van der Waals surface area contributed by atoms with Gasteiger partial charge in [-0.05, 0) is 18.6 Å². The Morgan fingerprint density at radius 1 is 1.50 bits per heavy atom. The Kier molecular flexibility index (Phi) is 1.98. The summed E-state index contributed by atoms with van der Waals surface area (Å²) >= 11 is 0. The fourth-order valence-corrected chi connectivity index (χ4v) is 1.50. The lowest BCUT2D eigenvalue weighted by atomic mass is 10.2. The van der Waals surface area contributed by atoms with Gasteiger partial charge in [-0.25, -0.2) is 0 Å². The van der Waals surface area contributed by atoms with Crippen LogP contribution < -0.4 is 4.74 Å². The molecule has 0 saturated heterocycles. The molecule has 2 nitrogen and oxygen atoms in total. The zero-order chi connectivity index (χ0) is 8.39. The summed E-state index contributed by atoms with van der Waals surface area (Å²) in [5.74, 6) is 0.981. The van der Waals surface area contributed by atoms with Crippen molar-refractivity contribution in [1.29, 1.82) is 0 Å². The van der Waals surface area contributed by atoms with Gasteiger partial charge < -0.3 is 4.74 Å². The molecule has 2 rings (SSSR count). The van der Waals surface area contributed by atoms with Crippen LogP contribution in [0.15, 0.2) is 12.1 Å². The number of hydrogen-bond acceptors (Lipinski definition) is 2. The predicted octanol–water partition coefficient (Wildman–Crippen LogP) is 1.97. The number of hydrogen-bond donors (Lipinski definition) is 0. The molecule has 0 aromatic carbocycles. The minimum Gasteiger partial charge on any atom is -0.491 e. The van der Waals surface area contributed by atoms with Crippen molar-refractivity contribution in [2.24, 2.45) is 0 Å². The quantitative estimate of drug-likeness (QED) is 0.665.